The number of halogens is 2. The lowest BCUT2D eigenvalue weighted by molar-refractivity contribution is 0.0600. The van der Waals surface area contributed by atoms with Crippen LogP contribution in [0.25, 0.3) is 5.69 Å². The van der Waals surface area contributed by atoms with Gasteiger partial charge in [-0.15, -0.1) is 0 Å². The van der Waals surface area contributed by atoms with Crippen LogP contribution in [0.4, 0.5) is 4.39 Å². The highest BCUT2D eigenvalue weighted by atomic mass is 79.9. The minimum absolute atomic E-state index is 0.188. The summed E-state index contributed by atoms with van der Waals surface area (Å²) in [6.45, 7) is 4.04. The molecule has 0 atom stereocenters. The van der Waals surface area contributed by atoms with Crippen LogP contribution in [0.1, 0.15) is 39.9 Å². The number of carbonyl (C=O) groups excluding carboxylic acids is 1. The molecule has 142 valence electrons. The number of hydrogen-bond acceptors (Lipinski definition) is 3. The van der Waals surface area contributed by atoms with Crippen molar-refractivity contribution < 1.29 is 13.9 Å². The van der Waals surface area contributed by atoms with Gasteiger partial charge in [0, 0.05) is 25.4 Å². The molecular formula is C20H21BrFN3O2. The van der Waals surface area contributed by atoms with E-state index in [9.17, 15) is 9.18 Å². The first kappa shape index (κ1) is 19.4. The standard InChI is InChI=1S/C20H21BrFN3O2/c1-5-16-19(21)18(24(3)23-16)10-14-8-12(2)11-25(14)17-7-6-13(22)9-15(17)20(26)27-4/h6-9,11H,5,10H2,1-4H3. The number of hydrogen-bond donors (Lipinski definition) is 0. The van der Waals surface area contributed by atoms with Gasteiger partial charge in [0.2, 0.25) is 0 Å². The molecule has 0 aliphatic carbocycles. The van der Waals surface area contributed by atoms with Gasteiger partial charge in [0.1, 0.15) is 5.82 Å². The summed E-state index contributed by atoms with van der Waals surface area (Å²) in [7, 11) is 3.20. The van der Waals surface area contributed by atoms with E-state index in [1.54, 1.807) is 6.07 Å². The summed E-state index contributed by atoms with van der Waals surface area (Å²) in [5, 5.41) is 4.54. The van der Waals surface area contributed by atoms with E-state index in [2.05, 4.69) is 34.0 Å². The maximum atomic E-state index is 13.7. The largest absolute Gasteiger partial charge is 0.465 e. The van der Waals surface area contributed by atoms with E-state index >= 15 is 0 Å². The maximum absolute atomic E-state index is 13.7. The summed E-state index contributed by atoms with van der Waals surface area (Å²) in [5.74, 6) is -1.05. The molecule has 1 aromatic carbocycles. The van der Waals surface area contributed by atoms with E-state index in [1.807, 2.05) is 29.4 Å². The van der Waals surface area contributed by atoms with E-state index in [0.29, 0.717) is 12.1 Å². The molecule has 0 bridgehead atoms. The molecule has 3 rings (SSSR count). The van der Waals surface area contributed by atoms with Crippen LogP contribution >= 0.6 is 15.9 Å². The second kappa shape index (κ2) is 7.68. The fourth-order valence-electron chi connectivity index (χ4n) is 3.19. The van der Waals surface area contributed by atoms with Gasteiger partial charge in [0.05, 0.1) is 34.2 Å². The van der Waals surface area contributed by atoms with E-state index < -0.39 is 11.8 Å². The Bertz CT molecular complexity index is 1010. The Kier molecular flexibility index (Phi) is 5.51. The number of benzene rings is 1. The number of ether oxygens (including phenoxy) is 1. The summed E-state index contributed by atoms with van der Waals surface area (Å²) < 4.78 is 23.3. The lowest BCUT2D eigenvalue weighted by Gasteiger charge is -2.13. The quantitative estimate of drug-likeness (QED) is 0.561. The molecule has 2 aromatic heterocycles. The van der Waals surface area contributed by atoms with E-state index in [4.69, 9.17) is 4.74 Å². The third kappa shape index (κ3) is 3.69. The molecule has 0 aliphatic heterocycles. The molecule has 0 saturated carbocycles. The normalized spacial score (nSPS) is 11.0. The number of carbonyl (C=O) groups is 1. The third-order valence-electron chi connectivity index (χ3n) is 4.51. The molecular weight excluding hydrogens is 413 g/mol. The number of rotatable bonds is 5. The summed E-state index contributed by atoms with van der Waals surface area (Å²) >= 11 is 3.65. The molecule has 0 radical (unpaired) electrons. The predicted octanol–water partition coefficient (Wildman–Crippen LogP) is 4.36. The van der Waals surface area contributed by atoms with Gasteiger partial charge in [-0.1, -0.05) is 6.92 Å². The molecule has 0 N–H and O–H groups in total. The predicted molar refractivity (Wildman–Crippen MR) is 105 cm³/mol. The van der Waals surface area contributed by atoms with Gasteiger partial charge in [-0.3, -0.25) is 4.68 Å². The minimum atomic E-state index is -0.572. The van der Waals surface area contributed by atoms with E-state index in [0.717, 1.165) is 33.5 Å². The zero-order valence-electron chi connectivity index (χ0n) is 15.7. The zero-order valence-corrected chi connectivity index (χ0v) is 17.3. The Balaban J connectivity index is 2.11. The van der Waals surface area contributed by atoms with Crippen LogP contribution in [-0.2, 0) is 24.6 Å². The van der Waals surface area contributed by atoms with Crippen LogP contribution in [-0.4, -0.2) is 27.4 Å². The Morgan fingerprint density at radius 2 is 2.07 bits per heavy atom. The number of aryl methyl sites for hydroxylation is 3. The Hall–Kier alpha value is -2.41. The van der Waals surface area contributed by atoms with Gasteiger partial charge in [0.25, 0.3) is 0 Å². The number of esters is 1. The molecule has 2 heterocycles. The van der Waals surface area contributed by atoms with Crippen molar-refractivity contribution in [3.63, 3.8) is 0 Å². The maximum Gasteiger partial charge on any atom is 0.340 e. The molecule has 0 fully saturated rings. The minimum Gasteiger partial charge on any atom is -0.465 e. The molecule has 0 aliphatic rings. The van der Waals surface area contributed by atoms with Crippen LogP contribution in [0.2, 0.25) is 0 Å². The van der Waals surface area contributed by atoms with E-state index in [1.165, 1.54) is 19.2 Å². The van der Waals surface area contributed by atoms with Crippen LogP contribution < -0.4 is 0 Å². The van der Waals surface area contributed by atoms with Crippen LogP contribution in [0, 0.1) is 12.7 Å². The smallest absolute Gasteiger partial charge is 0.340 e. The number of methoxy groups -OCH3 is 1. The van der Waals surface area contributed by atoms with Crippen molar-refractivity contribution in [2.45, 2.75) is 26.7 Å². The molecule has 5 nitrogen and oxygen atoms in total. The summed E-state index contributed by atoms with van der Waals surface area (Å²) in [4.78, 5) is 12.2. The molecule has 0 unspecified atom stereocenters. The lowest BCUT2D eigenvalue weighted by Crippen LogP contribution is -2.11. The summed E-state index contributed by atoms with van der Waals surface area (Å²) in [6.07, 6.45) is 3.37. The van der Waals surface area contributed by atoms with Gasteiger partial charge < -0.3 is 9.30 Å². The second-order valence-corrected chi connectivity index (χ2v) is 7.19. The van der Waals surface area contributed by atoms with Crippen molar-refractivity contribution in [3.05, 3.63) is 69.0 Å². The monoisotopic (exact) mass is 433 g/mol. The zero-order chi connectivity index (χ0) is 19.7. The second-order valence-electron chi connectivity index (χ2n) is 6.39. The van der Waals surface area contributed by atoms with Gasteiger partial charge >= 0.3 is 5.97 Å². The molecule has 0 spiro atoms. The summed E-state index contributed by atoms with van der Waals surface area (Å²) in [6, 6.07) is 6.20. The summed E-state index contributed by atoms with van der Waals surface area (Å²) in [5.41, 5.74) is 4.81. The molecule has 3 aromatic rings. The fourth-order valence-corrected chi connectivity index (χ4v) is 3.95. The van der Waals surface area contributed by atoms with Crippen molar-refractivity contribution >= 4 is 21.9 Å². The molecule has 27 heavy (non-hydrogen) atoms. The topological polar surface area (TPSA) is 49.0 Å². The first-order chi connectivity index (χ1) is 12.8. The van der Waals surface area contributed by atoms with Crippen molar-refractivity contribution in [2.75, 3.05) is 7.11 Å². The first-order valence-corrected chi connectivity index (χ1v) is 9.41. The Morgan fingerprint density at radius 3 is 2.70 bits per heavy atom. The SMILES string of the molecule is CCc1nn(C)c(Cc2cc(C)cn2-c2ccc(F)cc2C(=O)OC)c1Br. The fraction of sp³-hybridized carbons (Fsp3) is 0.300. The van der Waals surface area contributed by atoms with Gasteiger partial charge in [-0.25, -0.2) is 9.18 Å². The Labute approximate surface area is 165 Å². The lowest BCUT2D eigenvalue weighted by atomic mass is 10.1. The van der Waals surface area contributed by atoms with Gasteiger partial charge in [-0.05, 0) is 59.1 Å². The molecule has 0 saturated heterocycles. The van der Waals surface area contributed by atoms with Crippen LogP contribution in [0.3, 0.4) is 0 Å². The number of nitrogens with zero attached hydrogens (tertiary/aromatic N) is 3. The highest BCUT2D eigenvalue weighted by molar-refractivity contribution is 9.10. The molecule has 7 heteroatoms. The van der Waals surface area contributed by atoms with Gasteiger partial charge in [-0.2, -0.15) is 5.10 Å². The van der Waals surface area contributed by atoms with Gasteiger partial charge in [0.15, 0.2) is 0 Å². The van der Waals surface area contributed by atoms with Crippen LogP contribution in [0.5, 0.6) is 0 Å². The van der Waals surface area contributed by atoms with E-state index in [-0.39, 0.29) is 5.56 Å². The third-order valence-corrected chi connectivity index (χ3v) is 5.43. The van der Waals surface area contributed by atoms with Crippen LogP contribution in [0.15, 0.2) is 34.9 Å². The van der Waals surface area contributed by atoms with Crippen molar-refractivity contribution in [1.82, 2.24) is 14.3 Å². The highest BCUT2D eigenvalue weighted by Crippen LogP contribution is 2.27. The van der Waals surface area contributed by atoms with Crippen molar-refractivity contribution in [3.8, 4) is 5.69 Å². The van der Waals surface area contributed by atoms with Crippen molar-refractivity contribution in [1.29, 1.82) is 0 Å². The average molecular weight is 434 g/mol. The average Bonchev–Trinajstić information content (AvgIpc) is 3.14. The van der Waals surface area contributed by atoms with Crippen molar-refractivity contribution in [2.24, 2.45) is 7.05 Å². The highest BCUT2D eigenvalue weighted by Gasteiger charge is 2.19. The first-order valence-electron chi connectivity index (χ1n) is 8.62. The molecule has 0 amide bonds. The Morgan fingerprint density at radius 1 is 1.33 bits per heavy atom. The number of aromatic nitrogens is 3.